The normalized spacial score (nSPS) is 14.4. The quantitative estimate of drug-likeness (QED) is 0.755. The van der Waals surface area contributed by atoms with Crippen molar-refractivity contribution >= 4 is 17.4 Å². The van der Waals surface area contributed by atoms with E-state index in [1.807, 2.05) is 13.8 Å². The van der Waals surface area contributed by atoms with Gasteiger partial charge in [0.1, 0.15) is 16.8 Å². The van der Waals surface area contributed by atoms with Gasteiger partial charge in [-0.3, -0.25) is 0 Å². The maximum absolute atomic E-state index is 10.3. The van der Waals surface area contributed by atoms with Crippen molar-refractivity contribution in [1.29, 1.82) is 0 Å². The number of hydrogen-bond donors (Lipinski definition) is 2. The lowest BCUT2D eigenvalue weighted by Crippen LogP contribution is -2.35. The van der Waals surface area contributed by atoms with Gasteiger partial charge in [-0.25, -0.2) is 9.97 Å². The van der Waals surface area contributed by atoms with Crippen LogP contribution >= 0.6 is 11.6 Å². The molecule has 0 bridgehead atoms. The monoisotopic (exact) mass is 299 g/mol. The molecule has 0 amide bonds. The molecule has 2 N–H and O–H groups in total. The van der Waals surface area contributed by atoms with Crippen molar-refractivity contribution in [3.8, 4) is 0 Å². The van der Waals surface area contributed by atoms with Gasteiger partial charge >= 0.3 is 0 Å². The molecular weight excluding hydrogens is 274 g/mol. The Morgan fingerprint density at radius 2 is 2.00 bits per heavy atom. The highest BCUT2D eigenvalue weighted by molar-refractivity contribution is 6.30. The molecule has 4 nitrogen and oxygen atoms in total. The van der Waals surface area contributed by atoms with E-state index in [1.165, 1.54) is 0 Å². The fraction of sp³-hybridized carbons (Fsp3) is 0.733. The second kappa shape index (κ2) is 7.23. The predicted molar refractivity (Wildman–Crippen MR) is 84.3 cm³/mol. The topological polar surface area (TPSA) is 58.0 Å². The summed E-state index contributed by atoms with van der Waals surface area (Å²) in [4.78, 5) is 8.76. The maximum atomic E-state index is 10.3. The lowest BCUT2D eigenvalue weighted by Gasteiger charge is -2.26. The van der Waals surface area contributed by atoms with Crippen LogP contribution in [-0.2, 0) is 6.42 Å². The molecule has 0 aliphatic carbocycles. The maximum Gasteiger partial charge on any atom is 0.137 e. The third kappa shape index (κ3) is 5.25. The van der Waals surface area contributed by atoms with Gasteiger partial charge in [0, 0.05) is 18.5 Å². The minimum Gasteiger partial charge on any atom is -0.388 e. The molecule has 0 aliphatic heterocycles. The second-order valence-corrected chi connectivity index (χ2v) is 6.46. The molecule has 0 spiro atoms. The first kappa shape index (κ1) is 17.2. The van der Waals surface area contributed by atoms with E-state index in [1.54, 1.807) is 0 Å². The number of hydrogen-bond acceptors (Lipinski definition) is 4. The number of rotatable bonds is 7. The van der Waals surface area contributed by atoms with Crippen LogP contribution < -0.4 is 5.32 Å². The van der Waals surface area contributed by atoms with Crippen LogP contribution in [0.15, 0.2) is 0 Å². The number of halogens is 1. The third-order valence-electron chi connectivity index (χ3n) is 3.09. The predicted octanol–water partition coefficient (Wildman–Crippen LogP) is 3.60. The van der Waals surface area contributed by atoms with Gasteiger partial charge in [-0.15, -0.1) is 0 Å². The Morgan fingerprint density at radius 1 is 1.35 bits per heavy atom. The summed E-state index contributed by atoms with van der Waals surface area (Å²) in [5, 5.41) is 14.0. The molecule has 1 aromatic heterocycles. The van der Waals surface area contributed by atoms with E-state index in [2.05, 4.69) is 36.1 Å². The summed E-state index contributed by atoms with van der Waals surface area (Å²) in [5.74, 6) is 1.91. The molecule has 0 radical (unpaired) electrons. The van der Waals surface area contributed by atoms with Crippen LogP contribution in [0.3, 0.4) is 0 Å². The summed E-state index contributed by atoms with van der Waals surface area (Å²) in [6.07, 6.45) is 2.51. The van der Waals surface area contributed by atoms with E-state index < -0.39 is 5.60 Å². The van der Waals surface area contributed by atoms with E-state index in [4.69, 9.17) is 11.6 Å². The number of aliphatic hydroxyl groups is 1. The van der Waals surface area contributed by atoms with Crippen LogP contribution in [0.1, 0.15) is 51.9 Å². The molecule has 1 atom stereocenters. The fourth-order valence-corrected chi connectivity index (χ4v) is 2.45. The zero-order chi connectivity index (χ0) is 15.3. The SMILES string of the molecule is CCCc1nc(Cl)c(C)c(NCC(C)(O)CC(C)C)n1. The van der Waals surface area contributed by atoms with Crippen LogP contribution in [-0.4, -0.2) is 27.2 Å². The third-order valence-corrected chi connectivity index (χ3v) is 3.46. The van der Waals surface area contributed by atoms with Crippen molar-refractivity contribution in [2.75, 3.05) is 11.9 Å². The van der Waals surface area contributed by atoms with Gasteiger partial charge in [-0.05, 0) is 32.6 Å². The fourth-order valence-electron chi connectivity index (χ4n) is 2.27. The van der Waals surface area contributed by atoms with Gasteiger partial charge < -0.3 is 10.4 Å². The molecule has 20 heavy (non-hydrogen) atoms. The van der Waals surface area contributed by atoms with Crippen molar-refractivity contribution in [3.05, 3.63) is 16.5 Å². The van der Waals surface area contributed by atoms with E-state index in [0.29, 0.717) is 17.6 Å². The Morgan fingerprint density at radius 3 is 2.55 bits per heavy atom. The lowest BCUT2D eigenvalue weighted by molar-refractivity contribution is 0.0514. The Hall–Kier alpha value is -0.870. The van der Waals surface area contributed by atoms with Gasteiger partial charge in [0.15, 0.2) is 0 Å². The summed E-state index contributed by atoms with van der Waals surface area (Å²) >= 11 is 6.14. The summed E-state index contributed by atoms with van der Waals surface area (Å²) in [6, 6.07) is 0. The first-order valence-electron chi connectivity index (χ1n) is 7.24. The average molecular weight is 300 g/mol. The van der Waals surface area contributed by atoms with E-state index in [-0.39, 0.29) is 0 Å². The van der Waals surface area contributed by atoms with Gasteiger partial charge in [0.25, 0.3) is 0 Å². The van der Waals surface area contributed by atoms with Gasteiger partial charge in [0.2, 0.25) is 0 Å². The molecule has 0 saturated carbocycles. The molecule has 0 aromatic carbocycles. The molecule has 5 heteroatoms. The van der Waals surface area contributed by atoms with Crippen LogP contribution in [0.4, 0.5) is 5.82 Å². The molecule has 0 aliphatic rings. The van der Waals surface area contributed by atoms with Crippen molar-refractivity contribution in [2.45, 2.75) is 59.5 Å². The Bertz CT molecular complexity index is 447. The summed E-state index contributed by atoms with van der Waals surface area (Å²) in [6.45, 7) is 10.5. The van der Waals surface area contributed by atoms with E-state index in [0.717, 1.165) is 36.5 Å². The lowest BCUT2D eigenvalue weighted by atomic mass is 9.94. The Labute approximate surface area is 127 Å². The zero-order valence-corrected chi connectivity index (χ0v) is 13.9. The number of anilines is 1. The number of aromatic nitrogens is 2. The Kier molecular flexibility index (Phi) is 6.21. The van der Waals surface area contributed by atoms with Crippen LogP contribution in [0.25, 0.3) is 0 Å². The molecule has 1 heterocycles. The molecule has 0 fully saturated rings. The van der Waals surface area contributed by atoms with Crippen molar-refractivity contribution < 1.29 is 5.11 Å². The van der Waals surface area contributed by atoms with Crippen molar-refractivity contribution in [3.63, 3.8) is 0 Å². The molecule has 114 valence electrons. The van der Waals surface area contributed by atoms with Gasteiger partial charge in [0.05, 0.1) is 5.60 Å². The van der Waals surface area contributed by atoms with Crippen molar-refractivity contribution in [1.82, 2.24) is 9.97 Å². The zero-order valence-electron chi connectivity index (χ0n) is 13.1. The molecule has 1 aromatic rings. The molecule has 1 rings (SSSR count). The highest BCUT2D eigenvalue weighted by Crippen LogP contribution is 2.22. The number of aryl methyl sites for hydroxylation is 1. The molecule has 0 saturated heterocycles. The van der Waals surface area contributed by atoms with E-state index >= 15 is 0 Å². The Balaban J connectivity index is 2.81. The van der Waals surface area contributed by atoms with Gasteiger partial charge in [-0.1, -0.05) is 32.4 Å². The van der Waals surface area contributed by atoms with Gasteiger partial charge in [-0.2, -0.15) is 0 Å². The summed E-state index contributed by atoms with van der Waals surface area (Å²) < 4.78 is 0. The standard InChI is InChI=1S/C15H26ClN3O/c1-6-7-12-18-13(16)11(4)14(19-12)17-9-15(5,20)8-10(2)3/h10,20H,6-9H2,1-5H3,(H,17,18,19). The minimum atomic E-state index is -0.761. The van der Waals surface area contributed by atoms with Crippen LogP contribution in [0.2, 0.25) is 5.15 Å². The highest BCUT2D eigenvalue weighted by atomic mass is 35.5. The number of nitrogens with zero attached hydrogens (tertiary/aromatic N) is 2. The second-order valence-electron chi connectivity index (χ2n) is 6.10. The minimum absolute atomic E-state index is 0.442. The number of nitrogens with one attached hydrogen (secondary N) is 1. The van der Waals surface area contributed by atoms with Crippen LogP contribution in [0.5, 0.6) is 0 Å². The first-order valence-corrected chi connectivity index (χ1v) is 7.62. The largest absolute Gasteiger partial charge is 0.388 e. The summed E-state index contributed by atoms with van der Waals surface area (Å²) in [7, 11) is 0. The average Bonchev–Trinajstić information content (AvgIpc) is 2.30. The van der Waals surface area contributed by atoms with E-state index in [9.17, 15) is 5.11 Å². The molecule has 1 unspecified atom stereocenters. The molecular formula is C15H26ClN3O. The van der Waals surface area contributed by atoms with Crippen molar-refractivity contribution in [2.24, 2.45) is 5.92 Å². The highest BCUT2D eigenvalue weighted by Gasteiger charge is 2.22. The van der Waals surface area contributed by atoms with Crippen LogP contribution in [0, 0.1) is 12.8 Å². The first-order chi connectivity index (χ1) is 9.25. The summed E-state index contributed by atoms with van der Waals surface area (Å²) in [5.41, 5.74) is 0.0648. The smallest absolute Gasteiger partial charge is 0.137 e.